The number of ether oxygens (including phenoxy) is 1. The lowest BCUT2D eigenvalue weighted by Gasteiger charge is -2.34. The number of alkyl halides is 3. The summed E-state index contributed by atoms with van der Waals surface area (Å²) in [6, 6.07) is 18.7. The third-order valence-electron chi connectivity index (χ3n) is 8.39. The van der Waals surface area contributed by atoms with Crippen molar-refractivity contribution in [2.24, 2.45) is 5.92 Å². The molecule has 7 nitrogen and oxygen atoms in total. The zero-order chi connectivity index (χ0) is 31.3. The van der Waals surface area contributed by atoms with Crippen molar-refractivity contribution in [3.8, 4) is 11.1 Å². The van der Waals surface area contributed by atoms with Crippen LogP contribution in [0.25, 0.3) is 11.1 Å². The van der Waals surface area contributed by atoms with Crippen LogP contribution in [-0.2, 0) is 20.5 Å². The minimum absolute atomic E-state index is 0.0268. The Morgan fingerprint density at radius 1 is 0.886 bits per heavy atom. The van der Waals surface area contributed by atoms with Gasteiger partial charge in [0.05, 0.1) is 12.2 Å². The lowest BCUT2D eigenvalue weighted by Crippen LogP contribution is -2.43. The minimum atomic E-state index is -4.43. The van der Waals surface area contributed by atoms with Crippen LogP contribution in [0.4, 0.5) is 24.5 Å². The Kier molecular flexibility index (Phi) is 9.56. The molecular weight excluding hydrogens is 571 g/mol. The molecule has 1 N–H and O–H groups in total. The van der Waals surface area contributed by atoms with E-state index in [1.54, 1.807) is 36.1 Å². The van der Waals surface area contributed by atoms with Gasteiger partial charge in [-0.05, 0) is 92.1 Å². The van der Waals surface area contributed by atoms with Gasteiger partial charge in [-0.15, -0.1) is 0 Å². The number of carbonyl (C=O) groups is 3. The van der Waals surface area contributed by atoms with Crippen LogP contribution >= 0.6 is 0 Å². The molecule has 44 heavy (non-hydrogen) atoms. The molecule has 2 saturated heterocycles. The number of amides is 2. The zero-order valence-electron chi connectivity index (χ0n) is 24.6. The summed E-state index contributed by atoms with van der Waals surface area (Å²) in [6.07, 6.45) is -0.796. The summed E-state index contributed by atoms with van der Waals surface area (Å²) >= 11 is 0. The molecule has 0 radical (unpaired) electrons. The number of benzene rings is 3. The molecule has 0 unspecified atom stereocenters. The second-order valence-corrected chi connectivity index (χ2v) is 11.3. The lowest BCUT2D eigenvalue weighted by atomic mass is 9.92. The molecule has 3 aromatic carbocycles. The maximum atomic E-state index is 13.2. The molecule has 10 heteroatoms. The maximum Gasteiger partial charge on any atom is 0.416 e. The summed E-state index contributed by atoms with van der Waals surface area (Å²) < 4.78 is 44.1. The van der Waals surface area contributed by atoms with E-state index in [0.29, 0.717) is 48.4 Å². The Balaban J connectivity index is 1.15. The largest absolute Gasteiger partial charge is 0.464 e. The van der Waals surface area contributed by atoms with Gasteiger partial charge in [0.1, 0.15) is 6.04 Å². The van der Waals surface area contributed by atoms with E-state index in [-0.39, 0.29) is 23.7 Å². The van der Waals surface area contributed by atoms with Crippen LogP contribution in [0.2, 0.25) is 0 Å². The average Bonchev–Trinajstić information content (AvgIpc) is 3.52. The van der Waals surface area contributed by atoms with Gasteiger partial charge >= 0.3 is 12.1 Å². The molecule has 0 saturated carbocycles. The first-order valence-corrected chi connectivity index (χ1v) is 15.0. The number of nitrogens with one attached hydrogen (secondary N) is 1. The van der Waals surface area contributed by atoms with Crippen LogP contribution in [0, 0.1) is 5.92 Å². The number of likely N-dealkylation sites (tertiary alicyclic amines) is 1. The fourth-order valence-corrected chi connectivity index (χ4v) is 6.03. The molecule has 2 heterocycles. The summed E-state index contributed by atoms with van der Waals surface area (Å²) in [4.78, 5) is 42.4. The summed E-state index contributed by atoms with van der Waals surface area (Å²) in [5.41, 5.74) is 2.28. The Morgan fingerprint density at radius 2 is 1.57 bits per heavy atom. The van der Waals surface area contributed by atoms with E-state index < -0.39 is 17.8 Å². The fourth-order valence-electron chi connectivity index (χ4n) is 6.03. The van der Waals surface area contributed by atoms with E-state index >= 15 is 0 Å². The Morgan fingerprint density at radius 3 is 2.23 bits per heavy atom. The molecule has 0 spiro atoms. The van der Waals surface area contributed by atoms with Crippen molar-refractivity contribution in [1.29, 1.82) is 0 Å². The number of rotatable bonds is 8. The van der Waals surface area contributed by atoms with Crippen molar-refractivity contribution in [2.75, 3.05) is 36.5 Å². The molecule has 2 amide bonds. The average molecular weight is 608 g/mol. The second-order valence-electron chi connectivity index (χ2n) is 11.3. The molecule has 232 valence electrons. The highest BCUT2D eigenvalue weighted by molar-refractivity contribution is 6.08. The second kappa shape index (κ2) is 13.5. The molecule has 2 aliphatic rings. The van der Waals surface area contributed by atoms with Crippen LogP contribution in [0.15, 0.2) is 72.8 Å². The first-order chi connectivity index (χ1) is 21.1. The molecule has 2 fully saturated rings. The Bertz CT molecular complexity index is 1470. The Hall–Kier alpha value is -4.34. The maximum absolute atomic E-state index is 13.2. The van der Waals surface area contributed by atoms with Gasteiger partial charge in [0.25, 0.3) is 5.91 Å². The standard InChI is InChI=1S/C34H36F3N3O4/c1-2-44-33(43)30-8-5-19-40(30)31(41)22-23-17-20-39(21-18-23)27-15-13-26(14-16-27)38-32(42)29-7-4-3-6-28(29)24-9-11-25(12-10-24)34(35,36)37/h3-4,6-7,9-16,23,30H,2,5,8,17-22H2,1H3,(H,38,42)/t30-/m1/s1. The number of carbonyl (C=O) groups excluding carboxylic acids is 3. The van der Waals surface area contributed by atoms with Crippen LogP contribution in [0.3, 0.4) is 0 Å². The third kappa shape index (κ3) is 7.23. The van der Waals surface area contributed by atoms with Gasteiger partial charge in [0.15, 0.2) is 0 Å². The van der Waals surface area contributed by atoms with Crippen LogP contribution in [0.5, 0.6) is 0 Å². The van der Waals surface area contributed by atoms with Crippen molar-refractivity contribution in [1.82, 2.24) is 4.90 Å². The van der Waals surface area contributed by atoms with Crippen molar-refractivity contribution in [3.05, 3.63) is 83.9 Å². The van der Waals surface area contributed by atoms with Gasteiger partial charge in [-0.25, -0.2) is 4.79 Å². The highest BCUT2D eigenvalue weighted by atomic mass is 19.4. The van der Waals surface area contributed by atoms with E-state index in [4.69, 9.17) is 4.74 Å². The summed E-state index contributed by atoms with van der Waals surface area (Å²) in [5.74, 6) is -0.387. The predicted molar refractivity (Wildman–Crippen MR) is 162 cm³/mol. The third-order valence-corrected chi connectivity index (χ3v) is 8.39. The van der Waals surface area contributed by atoms with Gasteiger partial charge in [0, 0.05) is 43.0 Å². The monoisotopic (exact) mass is 607 g/mol. The number of halogens is 3. The van der Waals surface area contributed by atoms with E-state index in [1.807, 2.05) is 24.3 Å². The number of anilines is 2. The summed E-state index contributed by atoms with van der Waals surface area (Å²) in [7, 11) is 0. The van der Waals surface area contributed by atoms with E-state index in [2.05, 4.69) is 10.2 Å². The Labute approximate surface area is 255 Å². The first kappa shape index (κ1) is 31.1. The first-order valence-electron chi connectivity index (χ1n) is 15.0. The molecule has 0 aromatic heterocycles. The van der Waals surface area contributed by atoms with Crippen molar-refractivity contribution >= 4 is 29.2 Å². The number of hydrogen-bond acceptors (Lipinski definition) is 5. The van der Waals surface area contributed by atoms with Gasteiger partial charge in [-0.1, -0.05) is 30.3 Å². The molecular formula is C34H36F3N3O4. The van der Waals surface area contributed by atoms with E-state index in [1.165, 1.54) is 12.1 Å². The normalized spacial score (nSPS) is 17.4. The van der Waals surface area contributed by atoms with Crippen LogP contribution in [0.1, 0.15) is 54.9 Å². The number of nitrogens with zero attached hydrogens (tertiary/aromatic N) is 2. The van der Waals surface area contributed by atoms with Crippen molar-refractivity contribution in [2.45, 2.75) is 51.2 Å². The zero-order valence-corrected chi connectivity index (χ0v) is 24.6. The minimum Gasteiger partial charge on any atom is -0.464 e. The smallest absolute Gasteiger partial charge is 0.416 e. The quantitative estimate of drug-likeness (QED) is 0.286. The summed E-state index contributed by atoms with van der Waals surface area (Å²) in [5, 5.41) is 2.90. The van der Waals surface area contributed by atoms with Gasteiger partial charge in [-0.2, -0.15) is 13.2 Å². The van der Waals surface area contributed by atoms with Gasteiger partial charge in [-0.3, -0.25) is 9.59 Å². The SMILES string of the molecule is CCOC(=O)[C@H]1CCCN1C(=O)CC1CCN(c2ccc(NC(=O)c3ccccc3-c3ccc(C(F)(F)F)cc3)cc2)CC1. The lowest BCUT2D eigenvalue weighted by molar-refractivity contribution is -0.153. The molecule has 3 aromatic rings. The number of piperidine rings is 1. The highest BCUT2D eigenvalue weighted by Crippen LogP contribution is 2.33. The fraction of sp³-hybridized carbons (Fsp3) is 0.382. The molecule has 5 rings (SSSR count). The van der Waals surface area contributed by atoms with Crippen molar-refractivity contribution < 1.29 is 32.3 Å². The molecule has 0 aliphatic carbocycles. The predicted octanol–water partition coefficient (Wildman–Crippen LogP) is 6.79. The topological polar surface area (TPSA) is 79.0 Å². The molecule has 0 bridgehead atoms. The van der Waals surface area contributed by atoms with E-state index in [9.17, 15) is 27.6 Å². The van der Waals surface area contributed by atoms with Crippen LogP contribution < -0.4 is 10.2 Å². The molecule has 1 atom stereocenters. The summed E-state index contributed by atoms with van der Waals surface area (Å²) in [6.45, 7) is 4.27. The van der Waals surface area contributed by atoms with E-state index in [0.717, 1.165) is 50.2 Å². The molecule has 2 aliphatic heterocycles. The highest BCUT2D eigenvalue weighted by Gasteiger charge is 2.36. The van der Waals surface area contributed by atoms with Gasteiger partial charge < -0.3 is 19.9 Å². The number of esters is 1. The van der Waals surface area contributed by atoms with Crippen molar-refractivity contribution in [3.63, 3.8) is 0 Å². The van der Waals surface area contributed by atoms with Gasteiger partial charge in [0.2, 0.25) is 5.91 Å². The van der Waals surface area contributed by atoms with Crippen LogP contribution in [-0.4, -0.2) is 55.0 Å². The number of hydrogen-bond donors (Lipinski definition) is 1.